The largest absolute Gasteiger partial charge is 0.342 e. The molecule has 22 heavy (non-hydrogen) atoms. The Balaban J connectivity index is 1.96. The van der Waals surface area contributed by atoms with Crippen molar-refractivity contribution in [3.8, 4) is 0 Å². The van der Waals surface area contributed by atoms with E-state index >= 15 is 0 Å². The maximum absolute atomic E-state index is 12.2. The molecular weight excluding hydrogens is 300 g/mol. The minimum absolute atomic E-state index is 0.0779. The van der Waals surface area contributed by atoms with Crippen LogP contribution in [0, 0.1) is 0 Å². The number of carbonyl (C=O) groups is 1. The van der Waals surface area contributed by atoms with E-state index in [0.717, 1.165) is 31.4 Å². The number of nitrogens with zero attached hydrogens (tertiary/aromatic N) is 1. The van der Waals surface area contributed by atoms with Crippen LogP contribution in [0.15, 0.2) is 29.2 Å². The van der Waals surface area contributed by atoms with Crippen molar-refractivity contribution in [2.24, 2.45) is 0 Å². The summed E-state index contributed by atoms with van der Waals surface area (Å²) in [4.78, 5) is 13.7. The van der Waals surface area contributed by atoms with Gasteiger partial charge in [0.1, 0.15) is 0 Å². The van der Waals surface area contributed by atoms with Crippen LogP contribution < -0.4 is 4.72 Å². The molecule has 5 nitrogen and oxygen atoms in total. The van der Waals surface area contributed by atoms with Gasteiger partial charge in [-0.25, -0.2) is 13.1 Å². The zero-order valence-electron chi connectivity index (χ0n) is 13.2. The first-order valence-electron chi connectivity index (χ1n) is 7.81. The van der Waals surface area contributed by atoms with Gasteiger partial charge in [-0.15, -0.1) is 0 Å². The Kier molecular flexibility index (Phi) is 5.58. The molecule has 1 unspecified atom stereocenters. The van der Waals surface area contributed by atoms with Gasteiger partial charge < -0.3 is 4.90 Å². The maximum atomic E-state index is 12.2. The molecule has 122 valence electrons. The molecule has 1 aliphatic rings. The third kappa shape index (κ3) is 4.30. The summed E-state index contributed by atoms with van der Waals surface area (Å²) in [7, 11) is -3.44. The van der Waals surface area contributed by atoms with E-state index < -0.39 is 10.0 Å². The summed E-state index contributed by atoms with van der Waals surface area (Å²) in [6.07, 6.45) is 3.10. The van der Waals surface area contributed by atoms with Crippen molar-refractivity contribution < 1.29 is 13.2 Å². The van der Waals surface area contributed by atoms with Gasteiger partial charge in [0.2, 0.25) is 15.9 Å². The highest BCUT2D eigenvalue weighted by Gasteiger charge is 2.20. The summed E-state index contributed by atoms with van der Waals surface area (Å²) in [5.41, 5.74) is 1.04. The molecule has 0 saturated carbocycles. The van der Waals surface area contributed by atoms with Gasteiger partial charge in [-0.2, -0.15) is 0 Å². The lowest BCUT2D eigenvalue weighted by atomic mass is 10.1. The van der Waals surface area contributed by atoms with Gasteiger partial charge in [0.25, 0.3) is 0 Å². The van der Waals surface area contributed by atoms with Crippen LogP contribution in [-0.4, -0.2) is 38.4 Å². The Morgan fingerprint density at radius 2 is 1.95 bits per heavy atom. The summed E-state index contributed by atoms with van der Waals surface area (Å²) in [5.74, 6) is 0.219. The third-order valence-corrected chi connectivity index (χ3v) is 5.65. The predicted molar refractivity (Wildman–Crippen MR) is 86.0 cm³/mol. The van der Waals surface area contributed by atoms with Crippen molar-refractivity contribution in [1.82, 2.24) is 9.62 Å². The van der Waals surface area contributed by atoms with E-state index in [-0.39, 0.29) is 16.8 Å². The summed E-state index contributed by atoms with van der Waals surface area (Å²) >= 11 is 0. The van der Waals surface area contributed by atoms with Gasteiger partial charge >= 0.3 is 0 Å². The zero-order valence-corrected chi connectivity index (χ0v) is 14.0. The van der Waals surface area contributed by atoms with Crippen LogP contribution >= 0.6 is 0 Å². The number of hydrogen-bond donors (Lipinski definition) is 1. The van der Waals surface area contributed by atoms with Crippen LogP contribution in [0.5, 0.6) is 0 Å². The molecule has 1 aromatic rings. The molecule has 1 fully saturated rings. The van der Waals surface area contributed by atoms with E-state index in [9.17, 15) is 13.2 Å². The summed E-state index contributed by atoms with van der Waals surface area (Å²) in [6, 6.07) is 6.83. The smallest absolute Gasteiger partial charge is 0.240 e. The van der Waals surface area contributed by atoms with Crippen LogP contribution in [0.2, 0.25) is 0 Å². The van der Waals surface area contributed by atoms with E-state index in [1.54, 1.807) is 12.1 Å². The van der Waals surface area contributed by atoms with Gasteiger partial charge in [-0.1, -0.05) is 19.1 Å². The average Bonchev–Trinajstić information content (AvgIpc) is 2.90. The molecule has 1 N–H and O–H groups in total. The summed E-state index contributed by atoms with van der Waals surface area (Å²) in [6.45, 7) is 5.33. The first-order chi connectivity index (χ1) is 10.4. The van der Waals surface area contributed by atoms with Crippen LogP contribution in [0.4, 0.5) is 0 Å². The first kappa shape index (κ1) is 17.0. The highest BCUT2D eigenvalue weighted by molar-refractivity contribution is 7.89. The van der Waals surface area contributed by atoms with Gasteiger partial charge in [0.05, 0.1) is 4.90 Å². The lowest BCUT2D eigenvalue weighted by Crippen LogP contribution is -2.32. The second kappa shape index (κ2) is 7.24. The second-order valence-corrected chi connectivity index (χ2v) is 7.52. The molecular formula is C16H24N2O3S. The fourth-order valence-corrected chi connectivity index (χ4v) is 3.78. The minimum Gasteiger partial charge on any atom is -0.342 e. The van der Waals surface area contributed by atoms with Gasteiger partial charge in [-0.3, -0.25) is 4.79 Å². The number of benzene rings is 1. The lowest BCUT2D eigenvalue weighted by Gasteiger charge is -2.15. The Morgan fingerprint density at radius 1 is 1.27 bits per heavy atom. The van der Waals surface area contributed by atoms with E-state index in [1.165, 1.54) is 0 Å². The van der Waals surface area contributed by atoms with Crippen molar-refractivity contribution in [2.75, 3.05) is 13.1 Å². The van der Waals surface area contributed by atoms with E-state index in [1.807, 2.05) is 30.9 Å². The van der Waals surface area contributed by atoms with Crippen molar-refractivity contribution in [1.29, 1.82) is 0 Å². The fourth-order valence-electron chi connectivity index (χ4n) is 2.46. The van der Waals surface area contributed by atoms with Crippen LogP contribution in [0.3, 0.4) is 0 Å². The van der Waals surface area contributed by atoms with Crippen molar-refractivity contribution in [2.45, 2.75) is 50.5 Å². The Morgan fingerprint density at radius 3 is 2.50 bits per heavy atom. The molecule has 1 atom stereocenters. The summed E-state index contributed by atoms with van der Waals surface area (Å²) < 4.78 is 27.0. The second-order valence-electron chi connectivity index (χ2n) is 5.81. The van der Waals surface area contributed by atoms with Crippen LogP contribution in [-0.2, 0) is 21.2 Å². The molecule has 1 heterocycles. The first-order valence-corrected chi connectivity index (χ1v) is 9.29. The van der Waals surface area contributed by atoms with Crippen molar-refractivity contribution in [3.63, 3.8) is 0 Å². The molecule has 0 aromatic heterocycles. The Hall–Kier alpha value is -1.40. The lowest BCUT2D eigenvalue weighted by molar-refractivity contribution is -0.127. The zero-order chi connectivity index (χ0) is 16.2. The van der Waals surface area contributed by atoms with Crippen LogP contribution in [0.25, 0.3) is 0 Å². The number of nitrogens with one attached hydrogen (secondary N) is 1. The van der Waals surface area contributed by atoms with E-state index in [0.29, 0.717) is 13.0 Å². The Bertz CT molecular complexity index is 611. The highest BCUT2D eigenvalue weighted by Crippen LogP contribution is 2.14. The van der Waals surface area contributed by atoms with Gasteiger partial charge in [0, 0.05) is 25.6 Å². The molecule has 0 spiro atoms. The molecule has 0 aliphatic carbocycles. The molecule has 6 heteroatoms. The number of rotatable bonds is 7. The van der Waals surface area contributed by atoms with E-state index in [2.05, 4.69) is 4.72 Å². The van der Waals surface area contributed by atoms with Gasteiger partial charge in [0.15, 0.2) is 0 Å². The normalized spacial score (nSPS) is 17.0. The van der Waals surface area contributed by atoms with Gasteiger partial charge in [-0.05, 0) is 43.9 Å². The number of hydrogen-bond acceptors (Lipinski definition) is 3. The molecule has 1 saturated heterocycles. The van der Waals surface area contributed by atoms with E-state index in [4.69, 9.17) is 0 Å². The van der Waals surface area contributed by atoms with Crippen molar-refractivity contribution in [3.05, 3.63) is 29.8 Å². The number of likely N-dealkylation sites (tertiary alicyclic amines) is 1. The average molecular weight is 324 g/mol. The van der Waals surface area contributed by atoms with Crippen molar-refractivity contribution >= 4 is 15.9 Å². The quantitative estimate of drug-likeness (QED) is 0.833. The maximum Gasteiger partial charge on any atom is 0.240 e. The monoisotopic (exact) mass is 324 g/mol. The third-order valence-electron chi connectivity index (χ3n) is 4.04. The number of sulfonamides is 1. The topological polar surface area (TPSA) is 66.5 Å². The predicted octanol–water partition coefficient (Wildman–Crippen LogP) is 1.93. The SMILES string of the molecule is CCC(C)NS(=O)(=O)c1ccc(CCN2CCCC2=O)cc1. The molecule has 1 aliphatic heterocycles. The molecule has 1 aromatic carbocycles. The number of amides is 1. The minimum atomic E-state index is -3.44. The molecule has 2 rings (SSSR count). The molecule has 1 amide bonds. The summed E-state index contributed by atoms with van der Waals surface area (Å²) in [5, 5.41) is 0. The number of carbonyl (C=O) groups excluding carboxylic acids is 1. The van der Waals surface area contributed by atoms with Crippen LogP contribution in [0.1, 0.15) is 38.7 Å². The standard InChI is InChI=1S/C16H24N2O3S/c1-3-13(2)17-22(20,21)15-8-6-14(7-9-15)10-12-18-11-4-5-16(18)19/h6-9,13,17H,3-5,10-12H2,1-2H3. The molecule has 0 bridgehead atoms. The fraction of sp³-hybridized carbons (Fsp3) is 0.562. The Labute approximate surface area is 132 Å². The molecule has 0 radical (unpaired) electrons. The highest BCUT2D eigenvalue weighted by atomic mass is 32.2.